The summed E-state index contributed by atoms with van der Waals surface area (Å²) in [5, 5.41) is 4.81. The Morgan fingerprint density at radius 3 is 2.47 bits per heavy atom. The Morgan fingerprint density at radius 2 is 1.89 bits per heavy atom. The Bertz CT molecular complexity index is 423. The van der Waals surface area contributed by atoms with Gasteiger partial charge in [-0.2, -0.15) is 0 Å². The van der Waals surface area contributed by atoms with Gasteiger partial charge in [-0.1, -0.05) is 43.7 Å². The SMILES string of the molecule is Cc1ccc(CS/C=C\C(=O)NC(C)C(C)C)cc1. The molecule has 0 bridgehead atoms. The van der Waals surface area contributed by atoms with Crippen molar-refractivity contribution in [2.24, 2.45) is 5.92 Å². The van der Waals surface area contributed by atoms with Gasteiger partial charge < -0.3 is 5.32 Å². The molecule has 104 valence electrons. The molecule has 19 heavy (non-hydrogen) atoms. The first-order valence-electron chi connectivity index (χ1n) is 6.63. The normalized spacial score (nSPS) is 12.9. The molecule has 1 amide bonds. The standard InChI is InChI=1S/C16H23NOS/c1-12(2)14(4)17-16(18)9-10-19-11-15-7-5-13(3)6-8-15/h5-10,12,14H,11H2,1-4H3,(H,17,18)/b10-9-. The third-order valence-electron chi connectivity index (χ3n) is 3.06. The molecule has 3 heteroatoms. The van der Waals surface area contributed by atoms with Gasteiger partial charge in [0.2, 0.25) is 5.91 Å². The second-order valence-corrected chi connectivity index (χ2v) is 6.03. The average molecular weight is 277 g/mol. The van der Waals surface area contributed by atoms with E-state index in [9.17, 15) is 4.79 Å². The summed E-state index contributed by atoms with van der Waals surface area (Å²) in [5.74, 6) is 1.33. The number of benzene rings is 1. The third kappa shape index (κ3) is 6.48. The zero-order chi connectivity index (χ0) is 14.3. The van der Waals surface area contributed by atoms with Crippen LogP contribution < -0.4 is 5.32 Å². The van der Waals surface area contributed by atoms with Gasteiger partial charge in [-0.3, -0.25) is 4.79 Å². The first-order valence-corrected chi connectivity index (χ1v) is 7.68. The number of carbonyl (C=O) groups excluding carboxylic acids is 1. The smallest absolute Gasteiger partial charge is 0.244 e. The van der Waals surface area contributed by atoms with Gasteiger partial charge in [0, 0.05) is 17.9 Å². The van der Waals surface area contributed by atoms with Crippen molar-refractivity contribution in [1.29, 1.82) is 0 Å². The van der Waals surface area contributed by atoms with Gasteiger partial charge in [-0.15, -0.1) is 11.8 Å². The van der Waals surface area contributed by atoms with Crippen LogP contribution in [0.5, 0.6) is 0 Å². The Kier molecular flexibility index (Phi) is 6.71. The van der Waals surface area contributed by atoms with E-state index in [-0.39, 0.29) is 11.9 Å². The Hall–Kier alpha value is -1.22. The van der Waals surface area contributed by atoms with E-state index in [1.165, 1.54) is 11.1 Å². The van der Waals surface area contributed by atoms with Crippen LogP contribution in [0.1, 0.15) is 31.9 Å². The lowest BCUT2D eigenvalue weighted by atomic mass is 10.1. The Morgan fingerprint density at radius 1 is 1.26 bits per heavy atom. The highest BCUT2D eigenvalue weighted by Gasteiger charge is 2.07. The summed E-state index contributed by atoms with van der Waals surface area (Å²) in [4.78, 5) is 11.6. The minimum atomic E-state index is -0.0161. The molecule has 2 nitrogen and oxygen atoms in total. The third-order valence-corrected chi connectivity index (χ3v) is 3.88. The number of aryl methyl sites for hydroxylation is 1. The highest BCUT2D eigenvalue weighted by Crippen LogP contribution is 2.13. The minimum absolute atomic E-state index is 0.0161. The topological polar surface area (TPSA) is 29.1 Å². The predicted octanol–water partition coefficient (Wildman–Crippen LogP) is 3.90. The molecule has 1 rings (SSSR count). The van der Waals surface area contributed by atoms with Crippen molar-refractivity contribution in [2.45, 2.75) is 39.5 Å². The summed E-state index contributed by atoms with van der Waals surface area (Å²) >= 11 is 1.63. The molecular formula is C16H23NOS. The van der Waals surface area contributed by atoms with Crippen LogP contribution in [0, 0.1) is 12.8 Å². The van der Waals surface area contributed by atoms with Crippen LogP contribution in [0.2, 0.25) is 0 Å². The molecule has 0 aliphatic rings. The van der Waals surface area contributed by atoms with Gasteiger partial charge in [0.25, 0.3) is 0 Å². The van der Waals surface area contributed by atoms with Gasteiger partial charge in [-0.25, -0.2) is 0 Å². The zero-order valence-electron chi connectivity index (χ0n) is 12.1. The molecule has 0 aromatic heterocycles. The van der Waals surface area contributed by atoms with E-state index in [0.29, 0.717) is 5.92 Å². The van der Waals surface area contributed by atoms with Gasteiger partial charge in [-0.05, 0) is 30.7 Å². The minimum Gasteiger partial charge on any atom is -0.350 e. The molecule has 1 atom stereocenters. The number of thioether (sulfide) groups is 1. The summed E-state index contributed by atoms with van der Waals surface area (Å²) in [7, 11) is 0. The van der Waals surface area contributed by atoms with Gasteiger partial charge in [0.1, 0.15) is 0 Å². The molecule has 0 aliphatic carbocycles. The largest absolute Gasteiger partial charge is 0.350 e. The second-order valence-electron chi connectivity index (χ2n) is 5.14. The van der Waals surface area contributed by atoms with Crippen LogP contribution in [0.3, 0.4) is 0 Å². The molecule has 0 heterocycles. The van der Waals surface area contributed by atoms with Crippen LogP contribution in [0.25, 0.3) is 0 Å². The number of carbonyl (C=O) groups is 1. The van der Waals surface area contributed by atoms with Crippen molar-refractivity contribution in [2.75, 3.05) is 0 Å². The van der Waals surface area contributed by atoms with E-state index in [2.05, 4.69) is 50.4 Å². The monoisotopic (exact) mass is 277 g/mol. The first kappa shape index (κ1) is 15.8. The maximum atomic E-state index is 11.6. The fraction of sp³-hybridized carbons (Fsp3) is 0.438. The van der Waals surface area contributed by atoms with Crippen molar-refractivity contribution in [3.05, 3.63) is 46.9 Å². The van der Waals surface area contributed by atoms with E-state index in [0.717, 1.165) is 5.75 Å². The molecule has 1 aromatic rings. The summed E-state index contributed by atoms with van der Waals surface area (Å²) < 4.78 is 0. The number of hydrogen-bond donors (Lipinski definition) is 1. The average Bonchev–Trinajstić information content (AvgIpc) is 2.36. The molecule has 1 unspecified atom stereocenters. The molecule has 0 saturated heterocycles. The van der Waals surface area contributed by atoms with Crippen LogP contribution in [-0.2, 0) is 10.5 Å². The first-order chi connectivity index (χ1) is 8.99. The quantitative estimate of drug-likeness (QED) is 0.799. The van der Waals surface area contributed by atoms with Crippen molar-refractivity contribution in [3.63, 3.8) is 0 Å². The summed E-state index contributed by atoms with van der Waals surface area (Å²) in [5.41, 5.74) is 2.54. The van der Waals surface area contributed by atoms with E-state index >= 15 is 0 Å². The van der Waals surface area contributed by atoms with E-state index < -0.39 is 0 Å². The van der Waals surface area contributed by atoms with E-state index in [1.54, 1.807) is 17.8 Å². The number of hydrogen-bond acceptors (Lipinski definition) is 2. The van der Waals surface area contributed by atoms with Crippen molar-refractivity contribution in [1.82, 2.24) is 5.32 Å². The summed E-state index contributed by atoms with van der Waals surface area (Å²) in [6, 6.07) is 8.67. The number of amides is 1. The lowest BCUT2D eigenvalue weighted by molar-refractivity contribution is -0.117. The number of rotatable bonds is 6. The molecule has 0 aliphatic heterocycles. The molecule has 0 radical (unpaired) electrons. The maximum absolute atomic E-state index is 11.6. The molecule has 1 N–H and O–H groups in total. The van der Waals surface area contributed by atoms with Crippen molar-refractivity contribution >= 4 is 17.7 Å². The molecule has 0 fully saturated rings. The summed E-state index contributed by atoms with van der Waals surface area (Å²) in [6.45, 7) is 8.30. The maximum Gasteiger partial charge on any atom is 0.244 e. The molecule has 0 spiro atoms. The second kappa shape index (κ2) is 8.05. The van der Waals surface area contributed by atoms with Crippen LogP contribution in [0.15, 0.2) is 35.7 Å². The van der Waals surface area contributed by atoms with Gasteiger partial charge in [0.05, 0.1) is 0 Å². The Labute approximate surface area is 120 Å². The lowest BCUT2D eigenvalue weighted by Crippen LogP contribution is -2.34. The van der Waals surface area contributed by atoms with Crippen LogP contribution in [-0.4, -0.2) is 11.9 Å². The number of nitrogens with one attached hydrogen (secondary N) is 1. The Balaban J connectivity index is 2.30. The molecule has 0 saturated carbocycles. The van der Waals surface area contributed by atoms with Crippen LogP contribution >= 0.6 is 11.8 Å². The zero-order valence-corrected chi connectivity index (χ0v) is 13.0. The fourth-order valence-corrected chi connectivity index (χ4v) is 2.08. The van der Waals surface area contributed by atoms with Crippen LogP contribution in [0.4, 0.5) is 0 Å². The highest BCUT2D eigenvalue weighted by atomic mass is 32.2. The van der Waals surface area contributed by atoms with E-state index in [1.807, 2.05) is 12.3 Å². The fourth-order valence-electron chi connectivity index (χ4n) is 1.38. The molecular weight excluding hydrogens is 254 g/mol. The lowest BCUT2D eigenvalue weighted by Gasteiger charge is -2.15. The van der Waals surface area contributed by atoms with Gasteiger partial charge >= 0.3 is 0 Å². The highest BCUT2D eigenvalue weighted by molar-refractivity contribution is 8.01. The van der Waals surface area contributed by atoms with E-state index in [4.69, 9.17) is 0 Å². The summed E-state index contributed by atoms with van der Waals surface area (Å²) in [6.07, 6.45) is 1.61. The van der Waals surface area contributed by atoms with Crippen molar-refractivity contribution < 1.29 is 4.79 Å². The van der Waals surface area contributed by atoms with Gasteiger partial charge in [0.15, 0.2) is 0 Å². The molecule has 1 aromatic carbocycles. The predicted molar refractivity (Wildman–Crippen MR) is 84.1 cm³/mol. The van der Waals surface area contributed by atoms with Crippen molar-refractivity contribution in [3.8, 4) is 0 Å².